The first kappa shape index (κ1) is 43.8. The molecule has 59 heavy (non-hydrogen) atoms. The molecular weight excluding hydrogens is 798 g/mol. The zero-order valence-corrected chi connectivity index (χ0v) is 36.8. The number of benzene rings is 5. The summed E-state index contributed by atoms with van der Waals surface area (Å²) in [6.07, 6.45) is 0.279. The van der Waals surface area contributed by atoms with E-state index in [-0.39, 0.29) is 40.9 Å². The van der Waals surface area contributed by atoms with Gasteiger partial charge in [-0.2, -0.15) is 0 Å². The number of sulfonamides is 1. The van der Waals surface area contributed by atoms with E-state index in [1.807, 2.05) is 94.1 Å². The highest BCUT2D eigenvalue weighted by molar-refractivity contribution is 7.99. The molecule has 0 aliphatic carbocycles. The van der Waals surface area contributed by atoms with E-state index in [1.165, 1.54) is 17.2 Å². The van der Waals surface area contributed by atoms with Gasteiger partial charge in [0, 0.05) is 89.9 Å². The topological polar surface area (TPSA) is 102 Å². The van der Waals surface area contributed by atoms with Gasteiger partial charge in [-0.15, -0.1) is 11.8 Å². The first-order chi connectivity index (χ1) is 28.3. The third kappa shape index (κ3) is 11.7. The zero-order chi connectivity index (χ0) is 42.1. The molecule has 1 fully saturated rings. The molecule has 1 saturated heterocycles. The molecule has 1 heterocycles. The Kier molecular flexibility index (Phi) is 14.8. The van der Waals surface area contributed by atoms with Crippen molar-refractivity contribution >= 4 is 56.6 Å². The van der Waals surface area contributed by atoms with Crippen molar-refractivity contribution in [1.29, 1.82) is 0 Å². The summed E-state index contributed by atoms with van der Waals surface area (Å²) in [4.78, 5) is 34.5. The van der Waals surface area contributed by atoms with Crippen molar-refractivity contribution in [3.8, 4) is 11.1 Å². The van der Waals surface area contributed by atoms with Crippen LogP contribution in [0.1, 0.15) is 55.6 Å². The molecule has 1 aliphatic rings. The Morgan fingerprint density at radius 3 is 2.08 bits per heavy atom. The SMILES string of the molecule is Cc1cc(S(=O)(=O)NC(=O)c2ccc(N3CCN(Cc4ccccc4-c4ccc(Cl)cc4)CC3)cc2)ccc1N[C@@H](CSc1ccccc1)CC(=O)N(C(C)C)C(C)C. The molecule has 310 valence electrons. The third-order valence-electron chi connectivity index (χ3n) is 10.5. The first-order valence-electron chi connectivity index (χ1n) is 20.1. The predicted octanol–water partition coefficient (Wildman–Crippen LogP) is 9.36. The van der Waals surface area contributed by atoms with E-state index in [0.29, 0.717) is 11.3 Å². The number of carbonyl (C=O) groups excluding carboxylic acids is 2. The van der Waals surface area contributed by atoms with Crippen molar-refractivity contribution in [1.82, 2.24) is 14.5 Å². The van der Waals surface area contributed by atoms with E-state index in [4.69, 9.17) is 11.6 Å². The number of halogens is 1. The van der Waals surface area contributed by atoms with Gasteiger partial charge in [0.15, 0.2) is 0 Å². The molecule has 0 bridgehead atoms. The van der Waals surface area contributed by atoms with Crippen molar-refractivity contribution in [3.05, 3.63) is 143 Å². The Morgan fingerprint density at radius 1 is 0.797 bits per heavy atom. The minimum absolute atomic E-state index is 0.0174. The zero-order valence-electron chi connectivity index (χ0n) is 34.4. The van der Waals surface area contributed by atoms with Crippen molar-refractivity contribution < 1.29 is 18.0 Å². The first-order valence-corrected chi connectivity index (χ1v) is 23.0. The van der Waals surface area contributed by atoms with Gasteiger partial charge in [-0.1, -0.05) is 66.2 Å². The lowest BCUT2D eigenvalue weighted by Crippen LogP contribution is -2.46. The number of amides is 2. The fraction of sp³-hybridized carbons (Fsp3) is 0.319. The summed E-state index contributed by atoms with van der Waals surface area (Å²) >= 11 is 7.79. The lowest BCUT2D eigenvalue weighted by atomic mass is 9.99. The van der Waals surface area contributed by atoms with Gasteiger partial charge in [-0.25, -0.2) is 13.1 Å². The largest absolute Gasteiger partial charge is 0.381 e. The fourth-order valence-electron chi connectivity index (χ4n) is 7.58. The van der Waals surface area contributed by atoms with Crippen molar-refractivity contribution in [2.24, 2.45) is 0 Å². The van der Waals surface area contributed by atoms with Crippen LogP contribution in [-0.4, -0.2) is 80.1 Å². The normalized spacial score (nSPS) is 14.0. The van der Waals surface area contributed by atoms with Crippen LogP contribution in [0.3, 0.4) is 0 Å². The van der Waals surface area contributed by atoms with Crippen LogP contribution in [0.25, 0.3) is 11.1 Å². The molecule has 2 amide bonds. The summed E-state index contributed by atoms with van der Waals surface area (Å²) in [6.45, 7) is 14.1. The summed E-state index contributed by atoms with van der Waals surface area (Å²) in [7, 11) is -4.17. The number of aryl methyl sites for hydroxylation is 1. The number of hydrogen-bond donors (Lipinski definition) is 2. The van der Waals surface area contributed by atoms with Crippen LogP contribution in [0.2, 0.25) is 5.02 Å². The number of rotatable bonds is 16. The Morgan fingerprint density at radius 2 is 1.44 bits per heavy atom. The van der Waals surface area contributed by atoms with Gasteiger partial charge in [-0.3, -0.25) is 14.5 Å². The maximum atomic E-state index is 13.5. The highest BCUT2D eigenvalue weighted by Gasteiger charge is 2.26. The maximum absolute atomic E-state index is 13.5. The monoisotopic (exact) mass is 851 g/mol. The number of anilines is 2. The summed E-state index contributed by atoms with van der Waals surface area (Å²) < 4.78 is 29.2. The number of carbonyl (C=O) groups is 2. The number of thioether (sulfide) groups is 1. The lowest BCUT2D eigenvalue weighted by molar-refractivity contribution is -0.134. The molecule has 9 nitrogen and oxygen atoms in total. The van der Waals surface area contributed by atoms with Crippen LogP contribution < -0.4 is 14.9 Å². The van der Waals surface area contributed by atoms with Crippen LogP contribution in [-0.2, 0) is 21.4 Å². The van der Waals surface area contributed by atoms with Crippen LogP contribution in [0.15, 0.2) is 131 Å². The Bertz CT molecular complexity index is 2290. The highest BCUT2D eigenvalue weighted by atomic mass is 35.5. The minimum atomic E-state index is -4.17. The second-order valence-electron chi connectivity index (χ2n) is 15.5. The third-order valence-corrected chi connectivity index (χ3v) is 13.3. The van der Waals surface area contributed by atoms with E-state index in [9.17, 15) is 18.0 Å². The molecule has 0 spiro atoms. The van der Waals surface area contributed by atoms with E-state index in [1.54, 1.807) is 36.0 Å². The molecule has 0 radical (unpaired) electrons. The number of nitrogens with zero attached hydrogens (tertiary/aromatic N) is 3. The Labute approximate surface area is 359 Å². The minimum Gasteiger partial charge on any atom is -0.381 e. The molecular formula is C47H54ClN5O4S2. The second kappa shape index (κ2) is 20.0. The lowest BCUT2D eigenvalue weighted by Gasteiger charge is -2.36. The van der Waals surface area contributed by atoms with Gasteiger partial charge >= 0.3 is 0 Å². The molecule has 0 aromatic heterocycles. The van der Waals surface area contributed by atoms with Gasteiger partial charge in [-0.05, 0) is 124 Å². The van der Waals surface area contributed by atoms with Crippen LogP contribution in [0, 0.1) is 6.92 Å². The van der Waals surface area contributed by atoms with E-state index in [0.717, 1.165) is 59.6 Å². The quantitative estimate of drug-likeness (QED) is 0.0948. The van der Waals surface area contributed by atoms with Crippen LogP contribution >= 0.6 is 23.4 Å². The summed E-state index contributed by atoms with van der Waals surface area (Å²) in [6, 6.07) is 38.2. The number of piperazine rings is 1. The van der Waals surface area contributed by atoms with E-state index in [2.05, 4.69) is 56.2 Å². The fourth-order valence-corrected chi connectivity index (χ4v) is 9.71. The summed E-state index contributed by atoms with van der Waals surface area (Å²) in [5.41, 5.74) is 6.25. The number of nitrogens with one attached hydrogen (secondary N) is 2. The Balaban J connectivity index is 1.05. The van der Waals surface area contributed by atoms with Gasteiger partial charge in [0.25, 0.3) is 15.9 Å². The molecule has 5 aromatic carbocycles. The van der Waals surface area contributed by atoms with Crippen molar-refractivity contribution in [3.63, 3.8) is 0 Å². The predicted molar refractivity (Wildman–Crippen MR) is 243 cm³/mol. The molecule has 1 aliphatic heterocycles. The van der Waals surface area contributed by atoms with Gasteiger partial charge in [0.1, 0.15) is 0 Å². The molecule has 2 N–H and O–H groups in total. The molecule has 0 saturated carbocycles. The average molecular weight is 853 g/mol. The van der Waals surface area contributed by atoms with Gasteiger partial charge in [0.05, 0.1) is 4.90 Å². The molecule has 6 rings (SSSR count). The maximum Gasteiger partial charge on any atom is 0.264 e. The summed E-state index contributed by atoms with van der Waals surface area (Å²) in [5.74, 6) is -0.0117. The van der Waals surface area contributed by atoms with Crippen molar-refractivity contribution in [2.75, 3.05) is 42.1 Å². The standard InChI is InChI=1S/C47H54ClN5O4S2/c1-33(2)53(34(3)4)46(54)30-40(32-58-42-12-7-6-8-13-42)49-45-24-23-43(29-35(45)5)59(56,57)50-47(55)37-17-21-41(22-18-37)52-27-25-51(26-28-52)31-38-11-9-10-14-44(38)36-15-19-39(48)20-16-36/h6-24,29,33-34,40,49H,25-28,30-32H2,1-5H3,(H,50,55)/t40-/m1/s1. The average Bonchev–Trinajstić information content (AvgIpc) is 3.21. The summed E-state index contributed by atoms with van der Waals surface area (Å²) in [5, 5.41) is 4.24. The molecule has 1 atom stereocenters. The van der Waals surface area contributed by atoms with Crippen molar-refractivity contribution in [2.45, 2.75) is 75.5 Å². The Hall–Kier alpha value is -4.81. The van der Waals surface area contributed by atoms with Crippen LogP contribution in [0.4, 0.5) is 11.4 Å². The molecule has 12 heteroatoms. The number of hydrogen-bond acceptors (Lipinski definition) is 8. The van der Waals surface area contributed by atoms with Gasteiger partial charge in [0.2, 0.25) is 5.91 Å². The second-order valence-corrected chi connectivity index (χ2v) is 18.8. The molecule has 0 unspecified atom stereocenters. The van der Waals surface area contributed by atoms with E-state index >= 15 is 0 Å². The van der Waals surface area contributed by atoms with Crippen LogP contribution in [0.5, 0.6) is 0 Å². The smallest absolute Gasteiger partial charge is 0.264 e. The highest BCUT2D eigenvalue weighted by Crippen LogP contribution is 2.28. The van der Waals surface area contributed by atoms with E-state index < -0.39 is 15.9 Å². The van der Waals surface area contributed by atoms with Gasteiger partial charge < -0.3 is 15.1 Å². The molecule has 5 aromatic rings.